The van der Waals surface area contributed by atoms with Crippen LogP contribution in [0.15, 0.2) is 48.5 Å². The molecule has 2 aromatic rings. The van der Waals surface area contributed by atoms with Gasteiger partial charge in [-0.1, -0.05) is 47.5 Å². The van der Waals surface area contributed by atoms with Crippen molar-refractivity contribution in [2.24, 2.45) is 0 Å². The Balaban J connectivity index is 1.60. The monoisotopic (exact) mass is 450 g/mol. The van der Waals surface area contributed by atoms with Crippen LogP contribution in [0.2, 0.25) is 10.0 Å². The lowest BCUT2D eigenvalue weighted by molar-refractivity contribution is -0.123. The van der Waals surface area contributed by atoms with E-state index in [9.17, 15) is 19.2 Å². The van der Waals surface area contributed by atoms with Crippen molar-refractivity contribution in [3.05, 3.63) is 69.7 Å². The van der Waals surface area contributed by atoms with Crippen LogP contribution in [0.4, 0.5) is 0 Å². The summed E-state index contributed by atoms with van der Waals surface area (Å²) < 4.78 is 0. The fourth-order valence-electron chi connectivity index (χ4n) is 2.37. The smallest absolute Gasteiger partial charge is 0.271 e. The molecule has 10 heteroatoms. The Morgan fingerprint density at radius 2 is 0.967 bits per heavy atom. The van der Waals surface area contributed by atoms with Crippen molar-refractivity contribution in [1.29, 1.82) is 0 Å². The number of hydrazine groups is 2. The van der Waals surface area contributed by atoms with Gasteiger partial charge in [0.05, 0.1) is 21.2 Å². The van der Waals surface area contributed by atoms with E-state index >= 15 is 0 Å². The van der Waals surface area contributed by atoms with Gasteiger partial charge in [-0.15, -0.1) is 0 Å². The molecule has 4 amide bonds. The highest BCUT2D eigenvalue weighted by molar-refractivity contribution is 6.34. The number of unbranched alkanes of at least 4 members (excludes halogenated alkanes) is 1. The van der Waals surface area contributed by atoms with E-state index in [0.29, 0.717) is 12.8 Å². The summed E-state index contributed by atoms with van der Waals surface area (Å²) in [5, 5.41) is 0.550. The van der Waals surface area contributed by atoms with Crippen LogP contribution in [-0.4, -0.2) is 23.6 Å². The predicted molar refractivity (Wildman–Crippen MR) is 113 cm³/mol. The highest BCUT2D eigenvalue weighted by Crippen LogP contribution is 2.15. The van der Waals surface area contributed by atoms with Crippen molar-refractivity contribution in [1.82, 2.24) is 21.7 Å². The van der Waals surface area contributed by atoms with Crippen molar-refractivity contribution in [3.8, 4) is 0 Å². The third-order valence-electron chi connectivity index (χ3n) is 3.93. The summed E-state index contributed by atoms with van der Waals surface area (Å²) >= 11 is 11.8. The van der Waals surface area contributed by atoms with E-state index in [2.05, 4.69) is 21.7 Å². The zero-order valence-corrected chi connectivity index (χ0v) is 17.3. The van der Waals surface area contributed by atoms with E-state index in [4.69, 9.17) is 23.2 Å². The molecule has 0 aliphatic rings. The second-order valence-corrected chi connectivity index (χ2v) is 6.99. The third kappa shape index (κ3) is 7.38. The van der Waals surface area contributed by atoms with Crippen LogP contribution >= 0.6 is 23.2 Å². The molecule has 0 bridgehead atoms. The highest BCUT2D eigenvalue weighted by Gasteiger charge is 2.12. The summed E-state index contributed by atoms with van der Waals surface area (Å²) in [7, 11) is 0. The maximum absolute atomic E-state index is 11.9. The van der Waals surface area contributed by atoms with Crippen LogP contribution in [0.3, 0.4) is 0 Å². The molecule has 0 saturated heterocycles. The van der Waals surface area contributed by atoms with Gasteiger partial charge in [0.15, 0.2) is 0 Å². The van der Waals surface area contributed by atoms with E-state index in [1.165, 1.54) is 12.1 Å². The summed E-state index contributed by atoms with van der Waals surface area (Å²) in [6.45, 7) is 0. The summed E-state index contributed by atoms with van der Waals surface area (Å²) in [4.78, 5) is 47.4. The van der Waals surface area contributed by atoms with E-state index in [1.54, 1.807) is 36.4 Å². The van der Waals surface area contributed by atoms with Gasteiger partial charge >= 0.3 is 0 Å². The molecule has 0 saturated carbocycles. The van der Waals surface area contributed by atoms with E-state index in [0.717, 1.165) is 0 Å². The van der Waals surface area contributed by atoms with Crippen molar-refractivity contribution in [2.45, 2.75) is 25.7 Å². The average Bonchev–Trinajstić information content (AvgIpc) is 2.74. The molecule has 0 spiro atoms. The number of carbonyl (C=O) groups is 4. The number of amides is 4. The molecule has 0 fully saturated rings. The molecule has 0 atom stereocenters. The van der Waals surface area contributed by atoms with Gasteiger partial charge in [-0.3, -0.25) is 40.9 Å². The Bertz CT molecular complexity index is 861. The zero-order chi connectivity index (χ0) is 21.9. The fraction of sp³-hybridized carbons (Fsp3) is 0.200. The SMILES string of the molecule is O=C(CCCCC(=O)NNC(=O)c1ccccc1Cl)NNC(=O)c1ccccc1Cl. The molecule has 0 heterocycles. The number of halogens is 2. The molecule has 2 rings (SSSR count). The quantitative estimate of drug-likeness (QED) is 0.383. The molecule has 8 nitrogen and oxygen atoms in total. The Kier molecular flexibility index (Phi) is 9.11. The molecular formula is C20H20Cl2N4O4. The number of nitrogens with one attached hydrogen (secondary N) is 4. The van der Waals surface area contributed by atoms with Crippen LogP contribution in [0, 0.1) is 0 Å². The molecular weight excluding hydrogens is 431 g/mol. The van der Waals surface area contributed by atoms with Gasteiger partial charge in [0.1, 0.15) is 0 Å². The highest BCUT2D eigenvalue weighted by atomic mass is 35.5. The molecule has 30 heavy (non-hydrogen) atoms. The normalized spacial score (nSPS) is 10.1. The van der Waals surface area contributed by atoms with Crippen LogP contribution < -0.4 is 21.7 Å². The molecule has 0 aromatic heterocycles. The molecule has 4 N–H and O–H groups in total. The maximum Gasteiger partial charge on any atom is 0.271 e. The molecule has 158 valence electrons. The van der Waals surface area contributed by atoms with Crippen LogP contribution in [0.1, 0.15) is 46.4 Å². The van der Waals surface area contributed by atoms with Crippen LogP contribution in [0.25, 0.3) is 0 Å². The molecule has 2 aromatic carbocycles. The first-order valence-electron chi connectivity index (χ1n) is 9.06. The van der Waals surface area contributed by atoms with Gasteiger partial charge in [-0.05, 0) is 37.1 Å². The summed E-state index contributed by atoms with van der Waals surface area (Å²) in [6, 6.07) is 12.9. The Labute approximate surface area is 183 Å². The minimum Gasteiger partial charge on any atom is -0.273 e. The van der Waals surface area contributed by atoms with Gasteiger partial charge in [-0.25, -0.2) is 0 Å². The average molecular weight is 451 g/mol. The lowest BCUT2D eigenvalue weighted by atomic mass is 10.2. The Morgan fingerprint density at radius 3 is 1.33 bits per heavy atom. The van der Waals surface area contributed by atoms with Crippen LogP contribution in [0.5, 0.6) is 0 Å². The Morgan fingerprint density at radius 1 is 0.600 bits per heavy atom. The number of hydrogen-bond acceptors (Lipinski definition) is 4. The molecule has 0 aliphatic carbocycles. The lowest BCUT2D eigenvalue weighted by Gasteiger charge is -2.09. The van der Waals surface area contributed by atoms with Gasteiger partial charge in [-0.2, -0.15) is 0 Å². The van der Waals surface area contributed by atoms with Crippen LogP contribution in [-0.2, 0) is 9.59 Å². The minimum absolute atomic E-state index is 0.113. The number of hydrogen-bond donors (Lipinski definition) is 4. The largest absolute Gasteiger partial charge is 0.273 e. The third-order valence-corrected chi connectivity index (χ3v) is 4.58. The number of carbonyl (C=O) groups excluding carboxylic acids is 4. The first kappa shape index (κ1) is 23.2. The van der Waals surface area contributed by atoms with E-state index in [1.807, 2.05) is 0 Å². The molecule has 0 unspecified atom stereocenters. The minimum atomic E-state index is -0.525. The van der Waals surface area contributed by atoms with Gasteiger partial charge < -0.3 is 0 Å². The number of rotatable bonds is 7. The summed E-state index contributed by atoms with van der Waals surface area (Å²) in [5.74, 6) is -1.85. The van der Waals surface area contributed by atoms with Gasteiger partial charge in [0.2, 0.25) is 11.8 Å². The fourth-order valence-corrected chi connectivity index (χ4v) is 2.82. The summed E-state index contributed by atoms with van der Waals surface area (Å²) in [6.07, 6.45) is 1.06. The number of benzene rings is 2. The summed E-state index contributed by atoms with van der Waals surface area (Å²) in [5.41, 5.74) is 9.64. The van der Waals surface area contributed by atoms with Crippen molar-refractivity contribution in [3.63, 3.8) is 0 Å². The van der Waals surface area contributed by atoms with Gasteiger partial charge in [0.25, 0.3) is 11.8 Å². The van der Waals surface area contributed by atoms with E-state index in [-0.39, 0.29) is 34.0 Å². The lowest BCUT2D eigenvalue weighted by Crippen LogP contribution is -2.42. The maximum atomic E-state index is 11.9. The second kappa shape index (κ2) is 11.8. The van der Waals surface area contributed by atoms with Gasteiger partial charge in [0, 0.05) is 12.8 Å². The van der Waals surface area contributed by atoms with Crippen molar-refractivity contribution < 1.29 is 19.2 Å². The van der Waals surface area contributed by atoms with Crippen molar-refractivity contribution >= 4 is 46.8 Å². The Hall–Kier alpha value is -3.10. The second-order valence-electron chi connectivity index (χ2n) is 6.17. The van der Waals surface area contributed by atoms with Crippen molar-refractivity contribution in [2.75, 3.05) is 0 Å². The standard InChI is InChI=1S/C20H20Cl2N4O4/c21-15-9-3-1-7-13(15)19(29)25-23-17(27)11-5-6-12-18(28)24-26-20(30)14-8-2-4-10-16(14)22/h1-4,7-10H,5-6,11-12H2,(H,23,27)(H,24,28)(H,25,29)(H,26,30). The molecule has 0 radical (unpaired) electrons. The first-order chi connectivity index (χ1) is 14.4. The predicted octanol–water partition coefficient (Wildman–Crippen LogP) is 2.78. The molecule has 0 aliphatic heterocycles. The first-order valence-corrected chi connectivity index (χ1v) is 9.81. The van der Waals surface area contributed by atoms with E-state index < -0.39 is 23.6 Å². The topological polar surface area (TPSA) is 116 Å². The zero-order valence-electron chi connectivity index (χ0n) is 15.8.